The summed E-state index contributed by atoms with van der Waals surface area (Å²) in [5.74, 6) is 3.18. The molecule has 3 rings (SSSR count). The van der Waals surface area contributed by atoms with E-state index in [4.69, 9.17) is 9.26 Å². The van der Waals surface area contributed by atoms with Crippen LogP contribution in [-0.2, 0) is 11.2 Å². The van der Waals surface area contributed by atoms with Gasteiger partial charge in [0.05, 0.1) is 5.92 Å². The van der Waals surface area contributed by atoms with E-state index in [0.29, 0.717) is 17.8 Å². The van der Waals surface area contributed by atoms with Crippen LogP contribution in [0.1, 0.15) is 31.0 Å². The van der Waals surface area contributed by atoms with Gasteiger partial charge < -0.3 is 14.6 Å². The average molecular weight is 237 g/mol. The van der Waals surface area contributed by atoms with Crippen LogP contribution in [0, 0.1) is 11.8 Å². The topological polar surface area (TPSA) is 60.2 Å². The third-order valence-electron chi connectivity index (χ3n) is 3.81. The van der Waals surface area contributed by atoms with Gasteiger partial charge in [-0.2, -0.15) is 4.98 Å². The Hall–Kier alpha value is -0.940. The molecule has 3 atom stereocenters. The summed E-state index contributed by atoms with van der Waals surface area (Å²) in [4.78, 5) is 4.53. The highest BCUT2D eigenvalue weighted by Gasteiger charge is 2.30. The summed E-state index contributed by atoms with van der Waals surface area (Å²) >= 11 is 0. The molecule has 0 bridgehead atoms. The van der Waals surface area contributed by atoms with Crippen LogP contribution in [0.3, 0.4) is 0 Å². The quantitative estimate of drug-likeness (QED) is 0.849. The van der Waals surface area contributed by atoms with Gasteiger partial charge in [0.25, 0.3) is 0 Å². The maximum absolute atomic E-state index is 5.39. The van der Waals surface area contributed by atoms with Crippen molar-refractivity contribution in [2.75, 3.05) is 26.3 Å². The van der Waals surface area contributed by atoms with Crippen molar-refractivity contribution in [3.05, 3.63) is 11.7 Å². The maximum Gasteiger partial charge on any atom is 0.231 e. The van der Waals surface area contributed by atoms with E-state index in [0.717, 1.165) is 50.9 Å². The molecule has 0 amide bonds. The first kappa shape index (κ1) is 11.2. The lowest BCUT2D eigenvalue weighted by Gasteiger charge is -2.07. The fourth-order valence-electron chi connectivity index (χ4n) is 2.64. The second-order valence-corrected chi connectivity index (χ2v) is 5.22. The van der Waals surface area contributed by atoms with Crippen LogP contribution in [0.2, 0.25) is 0 Å². The minimum atomic E-state index is 0.385. The highest BCUT2D eigenvalue weighted by atomic mass is 16.5. The Balaban J connectivity index is 1.65. The molecule has 2 fully saturated rings. The molecule has 94 valence electrons. The van der Waals surface area contributed by atoms with Gasteiger partial charge >= 0.3 is 0 Å². The van der Waals surface area contributed by atoms with Gasteiger partial charge in [0.15, 0.2) is 5.82 Å². The van der Waals surface area contributed by atoms with Crippen LogP contribution in [0.4, 0.5) is 0 Å². The van der Waals surface area contributed by atoms with E-state index in [1.165, 1.54) is 0 Å². The van der Waals surface area contributed by atoms with Crippen molar-refractivity contribution in [2.24, 2.45) is 11.8 Å². The molecule has 3 heterocycles. The molecule has 2 saturated heterocycles. The van der Waals surface area contributed by atoms with Crippen LogP contribution in [0.15, 0.2) is 4.52 Å². The van der Waals surface area contributed by atoms with Crippen molar-refractivity contribution in [2.45, 2.75) is 25.7 Å². The molecule has 2 aliphatic heterocycles. The van der Waals surface area contributed by atoms with Gasteiger partial charge in [-0.15, -0.1) is 0 Å². The standard InChI is InChI=1S/C12H19N3O2/c1-8-5-13-6-10(8)12-14-11(15-17-12)4-9-2-3-16-7-9/h8-10,13H,2-7H2,1H3. The molecule has 5 heteroatoms. The Kier molecular flexibility index (Phi) is 3.11. The van der Waals surface area contributed by atoms with E-state index < -0.39 is 0 Å². The van der Waals surface area contributed by atoms with E-state index in [2.05, 4.69) is 22.4 Å². The molecule has 1 aromatic heterocycles. The lowest BCUT2D eigenvalue weighted by molar-refractivity contribution is 0.185. The van der Waals surface area contributed by atoms with Gasteiger partial charge in [0, 0.05) is 26.2 Å². The van der Waals surface area contributed by atoms with Crippen molar-refractivity contribution < 1.29 is 9.26 Å². The van der Waals surface area contributed by atoms with Crippen LogP contribution in [-0.4, -0.2) is 36.4 Å². The second-order valence-electron chi connectivity index (χ2n) is 5.22. The summed E-state index contributed by atoms with van der Waals surface area (Å²) in [7, 11) is 0. The van der Waals surface area contributed by atoms with E-state index in [1.807, 2.05) is 0 Å². The molecule has 17 heavy (non-hydrogen) atoms. The predicted molar refractivity (Wildman–Crippen MR) is 61.7 cm³/mol. The fraction of sp³-hybridized carbons (Fsp3) is 0.833. The first-order chi connectivity index (χ1) is 8.33. The van der Waals surface area contributed by atoms with Crippen LogP contribution in [0.5, 0.6) is 0 Å². The smallest absolute Gasteiger partial charge is 0.231 e. The van der Waals surface area contributed by atoms with E-state index in [1.54, 1.807) is 0 Å². The number of rotatable bonds is 3. The zero-order valence-corrected chi connectivity index (χ0v) is 10.2. The van der Waals surface area contributed by atoms with E-state index in [9.17, 15) is 0 Å². The largest absolute Gasteiger partial charge is 0.381 e. The monoisotopic (exact) mass is 237 g/mol. The molecular weight excluding hydrogens is 218 g/mol. The molecule has 2 aliphatic rings. The summed E-state index contributed by atoms with van der Waals surface area (Å²) in [5.41, 5.74) is 0. The molecule has 0 radical (unpaired) electrons. The lowest BCUT2D eigenvalue weighted by atomic mass is 9.98. The third-order valence-corrected chi connectivity index (χ3v) is 3.81. The summed E-state index contributed by atoms with van der Waals surface area (Å²) in [5, 5.41) is 7.44. The Morgan fingerprint density at radius 3 is 3.06 bits per heavy atom. The Morgan fingerprint density at radius 1 is 1.41 bits per heavy atom. The highest BCUT2D eigenvalue weighted by Crippen LogP contribution is 2.26. The van der Waals surface area contributed by atoms with Gasteiger partial charge in [-0.25, -0.2) is 0 Å². The van der Waals surface area contributed by atoms with Crippen molar-refractivity contribution in [1.29, 1.82) is 0 Å². The molecule has 0 aromatic carbocycles. The van der Waals surface area contributed by atoms with Gasteiger partial charge in [-0.3, -0.25) is 0 Å². The average Bonchev–Trinajstić information content (AvgIpc) is 3.00. The SMILES string of the molecule is CC1CNCC1c1nc(CC2CCOC2)no1. The first-order valence-electron chi connectivity index (χ1n) is 6.44. The highest BCUT2D eigenvalue weighted by molar-refractivity contribution is 5.01. The number of aromatic nitrogens is 2. The predicted octanol–water partition coefficient (Wildman–Crippen LogP) is 0.971. The van der Waals surface area contributed by atoms with Gasteiger partial charge in [0.1, 0.15) is 0 Å². The van der Waals surface area contributed by atoms with Crippen LogP contribution < -0.4 is 5.32 Å². The molecule has 0 aliphatic carbocycles. The number of ether oxygens (including phenoxy) is 1. The number of nitrogens with zero attached hydrogens (tertiary/aromatic N) is 2. The summed E-state index contributed by atoms with van der Waals surface area (Å²) < 4.78 is 10.7. The van der Waals surface area contributed by atoms with Crippen molar-refractivity contribution >= 4 is 0 Å². The Bertz CT molecular complexity index is 374. The summed E-state index contributed by atoms with van der Waals surface area (Å²) in [6.07, 6.45) is 2.00. The minimum Gasteiger partial charge on any atom is -0.381 e. The van der Waals surface area contributed by atoms with Crippen molar-refractivity contribution in [3.8, 4) is 0 Å². The van der Waals surface area contributed by atoms with Crippen molar-refractivity contribution in [1.82, 2.24) is 15.5 Å². The Morgan fingerprint density at radius 2 is 2.35 bits per heavy atom. The minimum absolute atomic E-state index is 0.385. The van der Waals surface area contributed by atoms with Gasteiger partial charge in [-0.1, -0.05) is 12.1 Å². The van der Waals surface area contributed by atoms with Gasteiger partial charge in [-0.05, 0) is 24.8 Å². The Labute approximate surface area is 101 Å². The lowest BCUT2D eigenvalue weighted by Crippen LogP contribution is -2.09. The van der Waals surface area contributed by atoms with Gasteiger partial charge in [0.2, 0.25) is 5.89 Å². The number of hydrogen-bond acceptors (Lipinski definition) is 5. The number of nitrogens with one attached hydrogen (secondary N) is 1. The fourth-order valence-corrected chi connectivity index (χ4v) is 2.64. The first-order valence-corrected chi connectivity index (χ1v) is 6.44. The number of hydrogen-bond donors (Lipinski definition) is 1. The zero-order chi connectivity index (χ0) is 11.7. The molecule has 0 saturated carbocycles. The molecule has 5 nitrogen and oxygen atoms in total. The van der Waals surface area contributed by atoms with Crippen LogP contribution in [0.25, 0.3) is 0 Å². The summed E-state index contributed by atoms with van der Waals surface area (Å²) in [6, 6.07) is 0. The molecule has 1 aromatic rings. The maximum atomic E-state index is 5.39. The molecule has 0 spiro atoms. The van der Waals surface area contributed by atoms with E-state index in [-0.39, 0.29) is 0 Å². The summed E-state index contributed by atoms with van der Waals surface area (Å²) in [6.45, 7) is 5.93. The molecule has 1 N–H and O–H groups in total. The van der Waals surface area contributed by atoms with E-state index >= 15 is 0 Å². The third kappa shape index (κ3) is 2.35. The van der Waals surface area contributed by atoms with Crippen LogP contribution >= 0.6 is 0 Å². The normalized spacial score (nSPS) is 33.4. The zero-order valence-electron chi connectivity index (χ0n) is 10.2. The van der Waals surface area contributed by atoms with Crippen molar-refractivity contribution in [3.63, 3.8) is 0 Å². The second kappa shape index (κ2) is 4.74. The molecule has 3 unspecified atom stereocenters. The molecular formula is C12H19N3O2.